The molecule has 0 radical (unpaired) electrons. The van der Waals surface area contributed by atoms with E-state index in [2.05, 4.69) is 10.3 Å². The molecule has 0 bridgehead atoms. The minimum Gasteiger partial charge on any atom is -0.497 e. The average Bonchev–Trinajstić information content (AvgIpc) is 2.72. The molecule has 1 aromatic heterocycles. The molecular formula is C12H14N4O2. The quantitative estimate of drug-likeness (QED) is 0.862. The van der Waals surface area contributed by atoms with Crippen LogP contribution in [0.4, 0.5) is 0 Å². The molecule has 0 saturated heterocycles. The molecule has 2 N–H and O–H groups in total. The lowest BCUT2D eigenvalue weighted by Gasteiger charge is -2.05. The summed E-state index contributed by atoms with van der Waals surface area (Å²) < 4.78 is 6.72. The monoisotopic (exact) mass is 246 g/mol. The number of methoxy groups -OCH3 is 1. The Morgan fingerprint density at radius 3 is 2.56 bits per heavy atom. The van der Waals surface area contributed by atoms with Gasteiger partial charge in [-0.2, -0.15) is 0 Å². The summed E-state index contributed by atoms with van der Waals surface area (Å²) in [7, 11) is 1.62. The highest BCUT2D eigenvalue weighted by Crippen LogP contribution is 2.13. The van der Waals surface area contributed by atoms with Gasteiger partial charge in [0.1, 0.15) is 5.75 Å². The van der Waals surface area contributed by atoms with Crippen molar-refractivity contribution in [3.8, 4) is 5.75 Å². The first kappa shape index (κ1) is 12.1. The summed E-state index contributed by atoms with van der Waals surface area (Å²) in [6.45, 7) is 2.31. The van der Waals surface area contributed by atoms with Gasteiger partial charge in [0.05, 0.1) is 19.3 Å². The van der Waals surface area contributed by atoms with Gasteiger partial charge in [-0.15, -0.1) is 5.10 Å². The first-order chi connectivity index (χ1) is 8.61. The molecule has 0 aliphatic heterocycles. The molecule has 2 rings (SSSR count). The number of hydrogen-bond acceptors (Lipinski definition) is 4. The summed E-state index contributed by atoms with van der Waals surface area (Å²) in [6, 6.07) is 7.61. The molecule has 2 aromatic rings. The fraction of sp³-hybridized carbons (Fsp3) is 0.250. The predicted octanol–water partition coefficient (Wildman–Crippen LogP) is 0.742. The normalized spacial score (nSPS) is 10.3. The topological polar surface area (TPSA) is 83.0 Å². The van der Waals surface area contributed by atoms with Gasteiger partial charge in [-0.05, 0) is 24.6 Å². The van der Waals surface area contributed by atoms with Gasteiger partial charge in [-0.3, -0.25) is 4.79 Å². The Morgan fingerprint density at radius 1 is 1.39 bits per heavy atom. The van der Waals surface area contributed by atoms with Crippen molar-refractivity contribution in [1.82, 2.24) is 15.0 Å². The largest absolute Gasteiger partial charge is 0.497 e. The average molecular weight is 246 g/mol. The van der Waals surface area contributed by atoms with Crippen LogP contribution in [0, 0.1) is 6.92 Å². The highest BCUT2D eigenvalue weighted by atomic mass is 16.5. The third kappa shape index (κ3) is 2.32. The summed E-state index contributed by atoms with van der Waals surface area (Å²) >= 11 is 0. The maximum Gasteiger partial charge on any atom is 0.271 e. The van der Waals surface area contributed by atoms with E-state index in [9.17, 15) is 4.79 Å². The summed E-state index contributed by atoms with van der Waals surface area (Å²) in [5, 5.41) is 7.67. The van der Waals surface area contributed by atoms with Gasteiger partial charge in [0.15, 0.2) is 5.69 Å². The minimum absolute atomic E-state index is 0.212. The van der Waals surface area contributed by atoms with Gasteiger partial charge in [0.25, 0.3) is 5.91 Å². The summed E-state index contributed by atoms with van der Waals surface area (Å²) in [6.07, 6.45) is 0. The van der Waals surface area contributed by atoms with Crippen molar-refractivity contribution < 1.29 is 9.53 Å². The number of amides is 1. The van der Waals surface area contributed by atoms with Crippen LogP contribution in [0.15, 0.2) is 24.3 Å². The maximum atomic E-state index is 11.1. The zero-order valence-electron chi connectivity index (χ0n) is 10.3. The standard InChI is InChI=1S/C12H14N4O2/c1-8-11(12(13)17)14-15-16(8)7-9-3-5-10(18-2)6-4-9/h3-6H,7H2,1-2H3,(H2,13,17). The Labute approximate surface area is 104 Å². The molecule has 0 saturated carbocycles. The highest BCUT2D eigenvalue weighted by Gasteiger charge is 2.13. The smallest absolute Gasteiger partial charge is 0.271 e. The van der Waals surface area contributed by atoms with Crippen LogP contribution in [0.25, 0.3) is 0 Å². The SMILES string of the molecule is COc1ccc(Cn2nnc(C(N)=O)c2C)cc1. The summed E-state index contributed by atoms with van der Waals surface area (Å²) in [5.74, 6) is 0.236. The number of ether oxygens (including phenoxy) is 1. The third-order valence-electron chi connectivity index (χ3n) is 2.71. The van der Waals surface area contributed by atoms with Crippen molar-refractivity contribution in [1.29, 1.82) is 0 Å². The molecule has 94 valence electrons. The lowest BCUT2D eigenvalue weighted by atomic mass is 10.2. The van der Waals surface area contributed by atoms with Gasteiger partial charge in [0, 0.05) is 0 Å². The molecule has 0 spiro atoms. The lowest BCUT2D eigenvalue weighted by molar-refractivity contribution is 0.0995. The van der Waals surface area contributed by atoms with Gasteiger partial charge in [-0.25, -0.2) is 4.68 Å². The van der Waals surface area contributed by atoms with Crippen LogP contribution < -0.4 is 10.5 Å². The Hall–Kier alpha value is -2.37. The van der Waals surface area contributed by atoms with Gasteiger partial charge in [-0.1, -0.05) is 17.3 Å². The number of aromatic nitrogens is 3. The van der Waals surface area contributed by atoms with E-state index in [1.807, 2.05) is 24.3 Å². The summed E-state index contributed by atoms with van der Waals surface area (Å²) in [5.41, 5.74) is 7.11. The Balaban J connectivity index is 2.20. The molecule has 0 unspecified atom stereocenters. The number of primary amides is 1. The number of carbonyl (C=O) groups is 1. The van der Waals surface area contributed by atoms with Crippen molar-refractivity contribution in [2.75, 3.05) is 7.11 Å². The molecule has 0 aliphatic rings. The number of rotatable bonds is 4. The number of benzene rings is 1. The van der Waals surface area contributed by atoms with Crippen molar-refractivity contribution >= 4 is 5.91 Å². The highest BCUT2D eigenvalue weighted by molar-refractivity contribution is 5.91. The van der Waals surface area contributed by atoms with E-state index in [4.69, 9.17) is 10.5 Å². The van der Waals surface area contributed by atoms with E-state index in [0.29, 0.717) is 12.2 Å². The van der Waals surface area contributed by atoms with Crippen molar-refractivity contribution in [2.24, 2.45) is 5.73 Å². The van der Waals surface area contributed by atoms with Crippen molar-refractivity contribution in [2.45, 2.75) is 13.5 Å². The number of nitrogens with zero attached hydrogens (tertiary/aromatic N) is 3. The van der Waals surface area contributed by atoms with Gasteiger partial charge < -0.3 is 10.5 Å². The van der Waals surface area contributed by atoms with E-state index in [1.165, 1.54) is 0 Å². The Kier molecular flexibility index (Phi) is 3.27. The fourth-order valence-corrected chi connectivity index (χ4v) is 1.64. The first-order valence-corrected chi connectivity index (χ1v) is 5.44. The van der Waals surface area contributed by atoms with Crippen LogP contribution in [0.3, 0.4) is 0 Å². The molecule has 1 amide bonds. The van der Waals surface area contributed by atoms with Crippen LogP contribution >= 0.6 is 0 Å². The second-order valence-corrected chi connectivity index (χ2v) is 3.89. The molecule has 0 aliphatic carbocycles. The molecule has 6 heteroatoms. The van der Waals surface area contributed by atoms with E-state index in [1.54, 1.807) is 18.7 Å². The number of carbonyl (C=O) groups excluding carboxylic acids is 1. The lowest BCUT2D eigenvalue weighted by Crippen LogP contribution is -2.13. The molecule has 1 heterocycles. The number of hydrogen-bond donors (Lipinski definition) is 1. The zero-order valence-corrected chi connectivity index (χ0v) is 10.3. The van der Waals surface area contributed by atoms with Crippen molar-refractivity contribution in [3.05, 3.63) is 41.2 Å². The maximum absolute atomic E-state index is 11.1. The second kappa shape index (κ2) is 4.87. The van der Waals surface area contributed by atoms with E-state index < -0.39 is 5.91 Å². The van der Waals surface area contributed by atoms with E-state index in [0.717, 1.165) is 11.3 Å². The van der Waals surface area contributed by atoms with Crippen LogP contribution in [-0.4, -0.2) is 28.0 Å². The first-order valence-electron chi connectivity index (χ1n) is 5.44. The van der Waals surface area contributed by atoms with E-state index >= 15 is 0 Å². The Morgan fingerprint density at radius 2 is 2.06 bits per heavy atom. The summed E-state index contributed by atoms with van der Waals surface area (Å²) in [4.78, 5) is 11.1. The van der Waals surface area contributed by atoms with Crippen LogP contribution in [0.2, 0.25) is 0 Å². The van der Waals surface area contributed by atoms with Crippen LogP contribution in [-0.2, 0) is 6.54 Å². The zero-order chi connectivity index (χ0) is 13.1. The predicted molar refractivity (Wildman–Crippen MR) is 65.4 cm³/mol. The van der Waals surface area contributed by atoms with Gasteiger partial charge >= 0.3 is 0 Å². The molecule has 1 aromatic carbocycles. The number of nitrogens with two attached hydrogens (primary N) is 1. The molecule has 18 heavy (non-hydrogen) atoms. The van der Waals surface area contributed by atoms with Crippen LogP contribution in [0.5, 0.6) is 5.75 Å². The fourth-order valence-electron chi connectivity index (χ4n) is 1.64. The third-order valence-corrected chi connectivity index (χ3v) is 2.71. The second-order valence-electron chi connectivity index (χ2n) is 3.89. The Bertz CT molecular complexity index is 560. The minimum atomic E-state index is -0.562. The van der Waals surface area contributed by atoms with Gasteiger partial charge in [0.2, 0.25) is 0 Å². The van der Waals surface area contributed by atoms with E-state index in [-0.39, 0.29) is 5.69 Å². The van der Waals surface area contributed by atoms with Crippen molar-refractivity contribution in [3.63, 3.8) is 0 Å². The van der Waals surface area contributed by atoms with Crippen LogP contribution in [0.1, 0.15) is 21.7 Å². The molecule has 0 fully saturated rings. The molecule has 0 atom stereocenters. The molecule has 6 nitrogen and oxygen atoms in total. The molecular weight excluding hydrogens is 232 g/mol.